The third kappa shape index (κ3) is 5.70. The van der Waals surface area contributed by atoms with E-state index in [1.165, 1.54) is 0 Å². The summed E-state index contributed by atoms with van der Waals surface area (Å²) >= 11 is 6.03. The topological polar surface area (TPSA) is 76.8 Å². The smallest absolute Gasteiger partial charge is 0.192 e. The van der Waals surface area contributed by atoms with Crippen molar-refractivity contribution in [3.63, 3.8) is 0 Å². The zero-order valence-corrected chi connectivity index (χ0v) is 14.8. The van der Waals surface area contributed by atoms with Crippen molar-refractivity contribution in [3.05, 3.63) is 40.7 Å². The lowest BCUT2D eigenvalue weighted by Crippen LogP contribution is -2.35. The van der Waals surface area contributed by atoms with Crippen LogP contribution in [0.1, 0.15) is 25.3 Å². The number of aliphatic hydroxyl groups is 1. The Kier molecular flexibility index (Phi) is 6.90. The summed E-state index contributed by atoms with van der Waals surface area (Å²) in [5, 5.41) is 17.2. The molecule has 24 heavy (non-hydrogen) atoms. The van der Waals surface area contributed by atoms with Crippen LogP contribution in [-0.2, 0) is 6.61 Å². The van der Waals surface area contributed by atoms with Gasteiger partial charge >= 0.3 is 0 Å². The lowest BCUT2D eigenvalue weighted by Gasteiger charge is -2.15. The first-order valence-electron chi connectivity index (χ1n) is 7.83. The fourth-order valence-electron chi connectivity index (χ4n) is 1.90. The van der Waals surface area contributed by atoms with E-state index < -0.39 is 6.10 Å². The maximum atomic E-state index is 9.81. The Morgan fingerprint density at radius 3 is 2.38 bits per heavy atom. The highest BCUT2D eigenvalue weighted by Crippen LogP contribution is 2.23. The van der Waals surface area contributed by atoms with E-state index in [4.69, 9.17) is 25.6 Å². The van der Waals surface area contributed by atoms with Crippen LogP contribution >= 0.6 is 11.6 Å². The Labute approximate surface area is 146 Å². The van der Waals surface area contributed by atoms with Gasteiger partial charge in [0.25, 0.3) is 0 Å². The molecule has 7 heteroatoms. The molecule has 1 unspecified atom stereocenters. The summed E-state index contributed by atoms with van der Waals surface area (Å²) < 4.78 is 16.2. The Morgan fingerprint density at radius 1 is 1.21 bits per heavy atom. The van der Waals surface area contributed by atoms with Crippen LogP contribution in [0, 0.1) is 6.92 Å². The normalized spacial score (nSPS) is 12.4. The second kappa shape index (κ2) is 8.92. The molecular formula is C17H23ClN2O4. The molecule has 1 atom stereocenters. The molecule has 0 spiro atoms. The van der Waals surface area contributed by atoms with Gasteiger partial charge < -0.3 is 24.4 Å². The fraction of sp³-hybridized carbons (Fsp3) is 0.471. The summed E-state index contributed by atoms with van der Waals surface area (Å²) in [6.45, 7) is 6.76. The Bertz CT molecular complexity index is 628. The summed E-state index contributed by atoms with van der Waals surface area (Å²) in [7, 11) is 0. The lowest BCUT2D eigenvalue weighted by molar-refractivity contribution is 0.104. The van der Waals surface area contributed by atoms with Crippen LogP contribution in [0.25, 0.3) is 0 Å². The number of aryl methyl sites for hydroxylation is 1. The van der Waals surface area contributed by atoms with E-state index in [-0.39, 0.29) is 13.2 Å². The lowest BCUT2D eigenvalue weighted by atomic mass is 10.3. The zero-order valence-electron chi connectivity index (χ0n) is 14.1. The molecule has 0 aliphatic carbocycles. The second-order valence-corrected chi connectivity index (χ2v) is 6.17. The number of aliphatic hydroxyl groups excluding tert-OH is 1. The predicted octanol–water partition coefficient (Wildman–Crippen LogP) is 2.95. The number of halogens is 1. The molecule has 0 saturated carbocycles. The second-order valence-electron chi connectivity index (χ2n) is 5.79. The number of nitrogens with zero attached hydrogens (tertiary/aromatic N) is 1. The molecule has 0 radical (unpaired) electrons. The fourth-order valence-corrected chi connectivity index (χ4v) is 2.02. The first-order chi connectivity index (χ1) is 11.5. The van der Waals surface area contributed by atoms with E-state index in [9.17, 15) is 5.11 Å². The summed E-state index contributed by atoms with van der Waals surface area (Å²) in [5.41, 5.74) is 0.643. The van der Waals surface area contributed by atoms with Gasteiger partial charge in [-0.25, -0.2) is 0 Å². The molecule has 2 aromatic rings. The molecule has 0 bridgehead atoms. The number of nitrogens with one attached hydrogen (secondary N) is 1. The molecule has 0 fully saturated rings. The van der Waals surface area contributed by atoms with Crippen LogP contribution in [-0.4, -0.2) is 35.6 Å². The Morgan fingerprint density at radius 2 is 1.83 bits per heavy atom. The molecule has 0 aliphatic heterocycles. The van der Waals surface area contributed by atoms with E-state index >= 15 is 0 Å². The molecule has 0 aliphatic rings. The monoisotopic (exact) mass is 354 g/mol. The van der Waals surface area contributed by atoms with Crippen molar-refractivity contribution in [1.29, 1.82) is 0 Å². The molecule has 1 aromatic heterocycles. The molecule has 1 aromatic carbocycles. The molecule has 6 nitrogen and oxygen atoms in total. The predicted molar refractivity (Wildman–Crippen MR) is 91.7 cm³/mol. The maximum Gasteiger partial charge on any atom is 0.192 e. The molecule has 2 N–H and O–H groups in total. The maximum absolute atomic E-state index is 9.81. The van der Waals surface area contributed by atoms with Crippen molar-refractivity contribution >= 4 is 11.6 Å². The minimum Gasteiger partial charge on any atom is -0.491 e. The quantitative estimate of drug-likeness (QED) is 0.721. The number of hydrogen-bond acceptors (Lipinski definition) is 6. The average Bonchev–Trinajstić information content (AvgIpc) is 2.89. The molecular weight excluding hydrogens is 332 g/mol. The highest BCUT2D eigenvalue weighted by atomic mass is 35.5. The molecule has 1 heterocycles. The van der Waals surface area contributed by atoms with E-state index in [1.807, 2.05) is 13.8 Å². The van der Waals surface area contributed by atoms with Crippen molar-refractivity contribution in [2.45, 2.75) is 39.5 Å². The summed E-state index contributed by atoms with van der Waals surface area (Å²) in [4.78, 5) is 0. The first-order valence-corrected chi connectivity index (χ1v) is 8.21. The molecule has 132 valence electrons. The minimum atomic E-state index is -0.555. The van der Waals surface area contributed by atoms with Crippen LogP contribution in [0.3, 0.4) is 0 Å². The van der Waals surface area contributed by atoms with E-state index in [1.54, 1.807) is 31.2 Å². The largest absolute Gasteiger partial charge is 0.491 e. The standard InChI is InChI=1S/C17H23ClN2O4/c1-11(2)19-8-13(21)9-22-14-4-6-15(7-5-14)23-10-16-17(18)12(3)20-24-16/h4-7,11,13,19,21H,8-10H2,1-3H3. The third-order valence-corrected chi connectivity index (χ3v) is 3.74. The Hall–Kier alpha value is -1.76. The van der Waals surface area contributed by atoms with Gasteiger partial charge in [0.15, 0.2) is 12.4 Å². The van der Waals surface area contributed by atoms with Crippen LogP contribution in [0.15, 0.2) is 28.8 Å². The molecule has 0 amide bonds. The van der Waals surface area contributed by atoms with Crippen molar-refractivity contribution < 1.29 is 19.1 Å². The SMILES string of the molecule is Cc1noc(COc2ccc(OCC(O)CNC(C)C)cc2)c1Cl. The highest BCUT2D eigenvalue weighted by Gasteiger charge is 2.11. The van der Waals surface area contributed by atoms with Gasteiger partial charge in [-0.3, -0.25) is 0 Å². The van der Waals surface area contributed by atoms with Gasteiger partial charge in [0.05, 0.1) is 5.69 Å². The third-order valence-electron chi connectivity index (χ3n) is 3.25. The molecule has 0 saturated heterocycles. The number of hydrogen-bond donors (Lipinski definition) is 2. The van der Waals surface area contributed by atoms with E-state index in [2.05, 4.69) is 10.5 Å². The highest BCUT2D eigenvalue weighted by molar-refractivity contribution is 6.31. The van der Waals surface area contributed by atoms with Crippen LogP contribution < -0.4 is 14.8 Å². The summed E-state index contributed by atoms with van der Waals surface area (Å²) in [5.74, 6) is 1.82. The first kappa shape index (κ1) is 18.6. The van der Waals surface area contributed by atoms with Gasteiger partial charge in [0.1, 0.15) is 29.2 Å². The molecule has 2 rings (SSSR count). The van der Waals surface area contributed by atoms with Gasteiger partial charge in [0, 0.05) is 12.6 Å². The van der Waals surface area contributed by atoms with Crippen LogP contribution in [0.5, 0.6) is 11.5 Å². The van der Waals surface area contributed by atoms with Crippen LogP contribution in [0.4, 0.5) is 0 Å². The number of ether oxygens (including phenoxy) is 2. The number of benzene rings is 1. The van der Waals surface area contributed by atoms with E-state index in [0.29, 0.717) is 40.6 Å². The van der Waals surface area contributed by atoms with Crippen LogP contribution in [0.2, 0.25) is 5.02 Å². The zero-order chi connectivity index (χ0) is 17.5. The summed E-state index contributed by atoms with van der Waals surface area (Å²) in [6, 6.07) is 7.46. The van der Waals surface area contributed by atoms with Crippen molar-refractivity contribution in [2.75, 3.05) is 13.2 Å². The van der Waals surface area contributed by atoms with Gasteiger partial charge in [-0.05, 0) is 31.2 Å². The summed E-state index contributed by atoms with van der Waals surface area (Å²) in [6.07, 6.45) is -0.555. The van der Waals surface area contributed by atoms with Gasteiger partial charge in [0.2, 0.25) is 0 Å². The van der Waals surface area contributed by atoms with Crippen molar-refractivity contribution in [1.82, 2.24) is 10.5 Å². The minimum absolute atomic E-state index is 0.208. The van der Waals surface area contributed by atoms with Gasteiger partial charge in [-0.15, -0.1) is 0 Å². The van der Waals surface area contributed by atoms with Crippen molar-refractivity contribution in [3.8, 4) is 11.5 Å². The number of aromatic nitrogens is 1. The average molecular weight is 355 g/mol. The number of rotatable bonds is 9. The Balaban J connectivity index is 1.77. The van der Waals surface area contributed by atoms with E-state index in [0.717, 1.165) is 0 Å². The van der Waals surface area contributed by atoms with Crippen molar-refractivity contribution in [2.24, 2.45) is 0 Å². The van der Waals surface area contributed by atoms with Gasteiger partial charge in [-0.1, -0.05) is 30.6 Å². The van der Waals surface area contributed by atoms with Gasteiger partial charge in [-0.2, -0.15) is 0 Å².